The highest BCUT2D eigenvalue weighted by Crippen LogP contribution is 2.34. The smallest absolute Gasteiger partial charge is 0.284 e. The molecule has 0 radical (unpaired) electrons. The number of benzene rings is 1. The van der Waals surface area contributed by atoms with E-state index < -0.39 is 4.92 Å². The van der Waals surface area contributed by atoms with E-state index >= 15 is 0 Å². The predicted molar refractivity (Wildman–Crippen MR) is 108 cm³/mol. The van der Waals surface area contributed by atoms with Crippen LogP contribution < -0.4 is 5.32 Å². The molecule has 1 N–H and O–H groups in total. The number of amides is 1. The fourth-order valence-electron chi connectivity index (χ4n) is 3.21. The third kappa shape index (κ3) is 6.01. The average molecular weight is 420 g/mol. The van der Waals surface area contributed by atoms with Gasteiger partial charge < -0.3 is 14.6 Å². The zero-order valence-electron chi connectivity index (χ0n) is 16.4. The van der Waals surface area contributed by atoms with E-state index in [1.165, 1.54) is 31.7 Å². The molecule has 1 saturated carbocycles. The van der Waals surface area contributed by atoms with E-state index in [0.29, 0.717) is 35.7 Å². The fourth-order valence-corrected chi connectivity index (χ4v) is 4.06. The van der Waals surface area contributed by atoms with Crippen molar-refractivity contribution in [3.63, 3.8) is 0 Å². The van der Waals surface area contributed by atoms with Gasteiger partial charge in [-0.3, -0.25) is 14.9 Å². The lowest BCUT2D eigenvalue weighted by Gasteiger charge is -2.21. The molecule has 0 saturated heterocycles. The van der Waals surface area contributed by atoms with Crippen LogP contribution in [0.25, 0.3) is 0 Å². The first-order valence-corrected chi connectivity index (χ1v) is 10.6. The van der Waals surface area contributed by atoms with E-state index in [0.717, 1.165) is 24.6 Å². The predicted octanol–water partition coefficient (Wildman–Crippen LogP) is 3.34. The molecule has 0 spiro atoms. The van der Waals surface area contributed by atoms with Crippen molar-refractivity contribution in [2.24, 2.45) is 7.05 Å². The summed E-state index contributed by atoms with van der Waals surface area (Å²) in [5.74, 6) is -0.332. The molecule has 1 aromatic carbocycles. The summed E-state index contributed by atoms with van der Waals surface area (Å²) >= 11 is 1.13. The number of nitro benzene ring substituents is 1. The molecule has 10 heteroatoms. The van der Waals surface area contributed by atoms with Crippen molar-refractivity contribution < 1.29 is 14.5 Å². The van der Waals surface area contributed by atoms with Crippen LogP contribution >= 0.6 is 11.8 Å². The molecule has 9 nitrogen and oxygen atoms in total. The molecule has 29 heavy (non-hydrogen) atoms. The lowest BCUT2D eigenvalue weighted by Crippen LogP contribution is -2.26. The Balaban J connectivity index is 1.52. The molecule has 1 fully saturated rings. The first kappa shape index (κ1) is 21.3. The van der Waals surface area contributed by atoms with Crippen molar-refractivity contribution >= 4 is 23.4 Å². The van der Waals surface area contributed by atoms with Crippen LogP contribution in [0.15, 0.2) is 34.6 Å². The Labute approximate surface area is 173 Å². The number of hydrogen-bond donors (Lipinski definition) is 1. The largest absolute Gasteiger partial charge is 0.378 e. The molecule has 0 bridgehead atoms. The number of carbonyl (C=O) groups is 1. The number of hydrogen-bond acceptors (Lipinski definition) is 7. The number of ether oxygens (including phenoxy) is 1. The second-order valence-electron chi connectivity index (χ2n) is 7.01. The summed E-state index contributed by atoms with van der Waals surface area (Å²) in [6.07, 6.45) is 8.57. The van der Waals surface area contributed by atoms with Crippen LogP contribution in [0, 0.1) is 10.1 Å². The van der Waals surface area contributed by atoms with Crippen molar-refractivity contribution in [2.45, 2.75) is 54.7 Å². The van der Waals surface area contributed by atoms with E-state index in [1.54, 1.807) is 23.7 Å². The average Bonchev–Trinajstić information content (AvgIpc) is 3.13. The molecule has 2 aromatic rings. The number of rotatable bonds is 9. The monoisotopic (exact) mass is 419 g/mol. The highest BCUT2D eigenvalue weighted by molar-refractivity contribution is 7.99. The third-order valence-electron chi connectivity index (χ3n) is 4.80. The standard InChI is InChI=1S/C19H25N5O4S/c1-23-13-21-22-19(23)29-17-9-8-14(12-16(17)24(26)27)18(25)20-10-5-11-28-15-6-3-2-4-7-15/h8-9,12-13,15H,2-7,10-11H2,1H3,(H,20,25). The molecular formula is C19H25N5O4S. The van der Waals surface area contributed by atoms with Crippen molar-refractivity contribution in [2.75, 3.05) is 13.2 Å². The molecule has 0 aliphatic heterocycles. The third-order valence-corrected chi connectivity index (χ3v) is 5.92. The van der Waals surface area contributed by atoms with Gasteiger partial charge in [0, 0.05) is 31.8 Å². The van der Waals surface area contributed by atoms with Gasteiger partial charge in [-0.2, -0.15) is 0 Å². The Kier molecular flexibility index (Phi) is 7.59. The van der Waals surface area contributed by atoms with Gasteiger partial charge in [0.1, 0.15) is 6.33 Å². The van der Waals surface area contributed by atoms with Crippen LogP contribution in [0.4, 0.5) is 5.69 Å². The molecule has 1 aliphatic carbocycles. The maximum absolute atomic E-state index is 12.4. The number of aromatic nitrogens is 3. The maximum atomic E-state index is 12.4. The Bertz CT molecular complexity index is 851. The number of nitro groups is 1. The highest BCUT2D eigenvalue weighted by atomic mass is 32.2. The van der Waals surface area contributed by atoms with E-state index in [4.69, 9.17) is 4.74 Å². The van der Waals surface area contributed by atoms with Gasteiger partial charge >= 0.3 is 0 Å². The van der Waals surface area contributed by atoms with Crippen molar-refractivity contribution in [3.8, 4) is 0 Å². The number of aryl methyl sites for hydroxylation is 1. The summed E-state index contributed by atoms with van der Waals surface area (Å²) in [6, 6.07) is 4.45. The van der Waals surface area contributed by atoms with Gasteiger partial charge in [-0.15, -0.1) is 10.2 Å². The summed E-state index contributed by atoms with van der Waals surface area (Å²) in [6.45, 7) is 1.08. The highest BCUT2D eigenvalue weighted by Gasteiger charge is 2.20. The van der Waals surface area contributed by atoms with E-state index in [9.17, 15) is 14.9 Å². The van der Waals surface area contributed by atoms with Gasteiger partial charge in [0.05, 0.1) is 15.9 Å². The van der Waals surface area contributed by atoms with Crippen molar-refractivity contribution in [1.29, 1.82) is 0 Å². The lowest BCUT2D eigenvalue weighted by atomic mass is 9.98. The SMILES string of the molecule is Cn1cnnc1Sc1ccc(C(=O)NCCCOC2CCCCC2)cc1[N+](=O)[O-]. The fraction of sp³-hybridized carbons (Fsp3) is 0.526. The first-order chi connectivity index (χ1) is 14.0. The van der Waals surface area contributed by atoms with Gasteiger partial charge in [0.15, 0.2) is 5.16 Å². The number of carbonyl (C=O) groups excluding carboxylic acids is 1. The summed E-state index contributed by atoms with van der Waals surface area (Å²) in [4.78, 5) is 23.7. The zero-order chi connectivity index (χ0) is 20.6. The van der Waals surface area contributed by atoms with E-state index in [1.807, 2.05) is 0 Å². The second kappa shape index (κ2) is 10.4. The van der Waals surface area contributed by atoms with Gasteiger partial charge in [-0.05, 0) is 43.2 Å². The molecule has 1 heterocycles. The minimum atomic E-state index is -0.493. The second-order valence-corrected chi connectivity index (χ2v) is 8.02. The first-order valence-electron chi connectivity index (χ1n) is 9.74. The summed E-state index contributed by atoms with van der Waals surface area (Å²) in [7, 11) is 1.76. The van der Waals surface area contributed by atoms with Crippen molar-refractivity contribution in [3.05, 3.63) is 40.2 Å². The summed E-state index contributed by atoms with van der Waals surface area (Å²) in [5, 5.41) is 22.5. The molecule has 1 aromatic heterocycles. The van der Waals surface area contributed by atoms with Crippen molar-refractivity contribution in [1.82, 2.24) is 20.1 Å². The van der Waals surface area contributed by atoms with Crippen LogP contribution in [-0.4, -0.2) is 44.9 Å². The van der Waals surface area contributed by atoms with Gasteiger partial charge in [0.2, 0.25) is 0 Å². The molecule has 0 unspecified atom stereocenters. The molecule has 1 aliphatic rings. The zero-order valence-corrected chi connectivity index (χ0v) is 17.2. The Morgan fingerprint density at radius 2 is 2.17 bits per heavy atom. The van der Waals surface area contributed by atoms with Crippen LogP contribution in [0.3, 0.4) is 0 Å². The topological polar surface area (TPSA) is 112 Å². The summed E-state index contributed by atoms with van der Waals surface area (Å²) in [5.41, 5.74) is 0.124. The molecule has 0 atom stereocenters. The van der Waals surface area contributed by atoms with Gasteiger partial charge in [-0.1, -0.05) is 19.3 Å². The Morgan fingerprint density at radius 3 is 2.86 bits per heavy atom. The maximum Gasteiger partial charge on any atom is 0.284 e. The van der Waals surface area contributed by atoms with Crippen LogP contribution in [0.1, 0.15) is 48.9 Å². The molecule has 3 rings (SSSR count). The molecular weight excluding hydrogens is 394 g/mol. The number of nitrogens with zero attached hydrogens (tertiary/aromatic N) is 4. The lowest BCUT2D eigenvalue weighted by molar-refractivity contribution is -0.387. The quantitative estimate of drug-likeness (QED) is 0.377. The van der Waals surface area contributed by atoms with Crippen LogP contribution in [0.2, 0.25) is 0 Å². The Morgan fingerprint density at radius 1 is 1.38 bits per heavy atom. The van der Waals surface area contributed by atoms with Crippen LogP contribution in [-0.2, 0) is 11.8 Å². The van der Waals surface area contributed by atoms with E-state index in [-0.39, 0.29) is 17.2 Å². The molecule has 156 valence electrons. The van der Waals surface area contributed by atoms with Gasteiger partial charge in [0.25, 0.3) is 11.6 Å². The minimum absolute atomic E-state index is 0.133. The van der Waals surface area contributed by atoms with Gasteiger partial charge in [-0.25, -0.2) is 0 Å². The van der Waals surface area contributed by atoms with Crippen LogP contribution in [0.5, 0.6) is 0 Å². The number of nitrogens with one attached hydrogen (secondary N) is 1. The molecule has 1 amide bonds. The van der Waals surface area contributed by atoms with E-state index in [2.05, 4.69) is 15.5 Å². The summed E-state index contributed by atoms with van der Waals surface area (Å²) < 4.78 is 7.51. The normalized spacial score (nSPS) is 14.7. The Hall–Kier alpha value is -2.46. The minimum Gasteiger partial charge on any atom is -0.378 e.